The number of methoxy groups -OCH3 is 1. The maximum atomic E-state index is 12.7. The van der Waals surface area contributed by atoms with Crippen molar-refractivity contribution >= 4 is 23.6 Å². The van der Waals surface area contributed by atoms with E-state index in [1.165, 1.54) is 4.68 Å². The summed E-state index contributed by atoms with van der Waals surface area (Å²) in [5.41, 5.74) is 1.85. The number of ether oxygens (including phenoxy) is 2. The average molecular weight is 421 g/mol. The minimum atomic E-state index is -0.709. The number of hydrogen-bond acceptors (Lipinski definition) is 7. The number of esters is 1. The lowest BCUT2D eigenvalue weighted by atomic mass is 10.1. The molecule has 0 bridgehead atoms. The molecule has 0 spiro atoms. The smallest absolute Gasteiger partial charge is 0.357 e. The van der Waals surface area contributed by atoms with Crippen LogP contribution in [0.15, 0.2) is 54.6 Å². The third-order valence-corrected chi connectivity index (χ3v) is 4.41. The number of carbonyl (C=O) groups excluding carboxylic acids is 2. The number of tetrazole rings is 1. The molecular formula is C22H23N5O4. The molecule has 0 aliphatic heterocycles. The first-order chi connectivity index (χ1) is 15.1. The van der Waals surface area contributed by atoms with E-state index in [9.17, 15) is 9.59 Å². The van der Waals surface area contributed by atoms with Gasteiger partial charge in [0, 0.05) is 6.54 Å². The van der Waals surface area contributed by atoms with E-state index >= 15 is 0 Å². The molecule has 1 heterocycles. The van der Waals surface area contributed by atoms with Crippen LogP contribution in [-0.2, 0) is 20.7 Å². The van der Waals surface area contributed by atoms with E-state index in [1.807, 2.05) is 54.6 Å². The van der Waals surface area contributed by atoms with E-state index in [1.54, 1.807) is 20.1 Å². The highest BCUT2D eigenvalue weighted by molar-refractivity contribution is 6.15. The molecular weight excluding hydrogens is 398 g/mol. The van der Waals surface area contributed by atoms with Crippen molar-refractivity contribution in [2.45, 2.75) is 13.3 Å². The maximum Gasteiger partial charge on any atom is 0.357 e. The van der Waals surface area contributed by atoms with E-state index < -0.39 is 18.5 Å². The molecule has 1 amide bonds. The van der Waals surface area contributed by atoms with Crippen LogP contribution in [0.3, 0.4) is 0 Å². The van der Waals surface area contributed by atoms with Crippen LogP contribution < -0.4 is 10.1 Å². The second kappa shape index (κ2) is 10.7. The summed E-state index contributed by atoms with van der Waals surface area (Å²) >= 11 is 0. The first-order valence-electron chi connectivity index (χ1n) is 9.66. The quantitative estimate of drug-likeness (QED) is 0.415. The molecule has 3 aromatic rings. The molecule has 0 fully saturated rings. The molecule has 0 aliphatic rings. The second-order valence-corrected chi connectivity index (χ2v) is 6.57. The van der Waals surface area contributed by atoms with Gasteiger partial charge in [-0.05, 0) is 47.0 Å². The summed E-state index contributed by atoms with van der Waals surface area (Å²) in [7, 11) is 1.60. The number of para-hydroxylation sites is 1. The first-order valence-corrected chi connectivity index (χ1v) is 9.66. The fourth-order valence-electron chi connectivity index (χ4n) is 2.87. The Morgan fingerprint density at radius 2 is 1.84 bits per heavy atom. The van der Waals surface area contributed by atoms with Crippen molar-refractivity contribution in [2.75, 3.05) is 20.3 Å². The largest absolute Gasteiger partial charge is 0.496 e. The lowest BCUT2D eigenvalue weighted by Crippen LogP contribution is -2.31. The van der Waals surface area contributed by atoms with Gasteiger partial charge in [0.25, 0.3) is 5.91 Å². The highest BCUT2D eigenvalue weighted by atomic mass is 16.5. The van der Waals surface area contributed by atoms with Crippen molar-refractivity contribution in [2.24, 2.45) is 0 Å². The van der Waals surface area contributed by atoms with Gasteiger partial charge in [-0.25, -0.2) is 4.79 Å². The van der Waals surface area contributed by atoms with Crippen molar-refractivity contribution in [1.29, 1.82) is 0 Å². The highest BCUT2D eigenvalue weighted by Crippen LogP contribution is 2.17. The summed E-state index contributed by atoms with van der Waals surface area (Å²) in [6, 6.07) is 16.8. The summed E-state index contributed by atoms with van der Waals surface area (Å²) in [4.78, 5) is 24.8. The molecule has 0 radical (unpaired) electrons. The predicted molar refractivity (Wildman–Crippen MR) is 114 cm³/mol. The maximum absolute atomic E-state index is 12.7. The van der Waals surface area contributed by atoms with Gasteiger partial charge < -0.3 is 14.8 Å². The van der Waals surface area contributed by atoms with E-state index in [0.717, 1.165) is 16.9 Å². The number of nitrogens with zero attached hydrogens (tertiary/aromatic N) is 4. The molecule has 160 valence electrons. The predicted octanol–water partition coefficient (Wildman–Crippen LogP) is 1.89. The summed E-state index contributed by atoms with van der Waals surface area (Å²) in [5, 5.41) is 13.9. The van der Waals surface area contributed by atoms with E-state index in [-0.39, 0.29) is 5.70 Å². The minimum Gasteiger partial charge on any atom is -0.496 e. The standard InChI is InChI=1S/C22H23N5O4/c1-16-24-25-26-27(16)19(14-17-8-4-3-5-9-17)22(29)31-15-21(28)23-13-12-18-10-6-7-11-20(18)30-2/h3-11,14H,12-13,15H2,1-2H3,(H,23,28)/b19-14-. The molecule has 1 aromatic heterocycles. The lowest BCUT2D eigenvalue weighted by molar-refractivity contribution is -0.143. The van der Waals surface area contributed by atoms with Gasteiger partial charge in [0.1, 0.15) is 5.75 Å². The molecule has 1 N–H and O–H groups in total. The molecule has 3 rings (SSSR count). The number of rotatable bonds is 9. The highest BCUT2D eigenvalue weighted by Gasteiger charge is 2.19. The van der Waals surface area contributed by atoms with Gasteiger partial charge in [0.05, 0.1) is 7.11 Å². The fourth-order valence-corrected chi connectivity index (χ4v) is 2.87. The topological polar surface area (TPSA) is 108 Å². The summed E-state index contributed by atoms with van der Waals surface area (Å²) < 4.78 is 11.8. The first kappa shape index (κ1) is 21.7. The molecule has 31 heavy (non-hydrogen) atoms. The van der Waals surface area contributed by atoms with E-state index in [2.05, 4.69) is 20.8 Å². The van der Waals surface area contributed by atoms with Crippen molar-refractivity contribution < 1.29 is 19.1 Å². The number of hydrogen-bond donors (Lipinski definition) is 1. The SMILES string of the molecule is COc1ccccc1CCNC(=O)COC(=O)/C(=C/c1ccccc1)n1nnnc1C. The molecule has 0 unspecified atom stereocenters. The Labute approximate surface area is 179 Å². The van der Waals surface area contributed by atoms with Crippen LogP contribution in [0, 0.1) is 6.92 Å². The van der Waals surface area contributed by atoms with Crippen LogP contribution in [0.4, 0.5) is 0 Å². The number of benzene rings is 2. The van der Waals surface area contributed by atoms with Crippen LogP contribution in [0.1, 0.15) is 17.0 Å². The Balaban J connectivity index is 1.58. The molecule has 9 heteroatoms. The van der Waals surface area contributed by atoms with E-state index in [4.69, 9.17) is 9.47 Å². The van der Waals surface area contributed by atoms with Gasteiger partial charge in [-0.1, -0.05) is 48.5 Å². The number of nitrogens with one attached hydrogen (secondary N) is 1. The van der Waals surface area contributed by atoms with Gasteiger partial charge >= 0.3 is 5.97 Å². The zero-order valence-electron chi connectivity index (χ0n) is 17.3. The summed E-state index contributed by atoms with van der Waals surface area (Å²) in [6.07, 6.45) is 2.19. The van der Waals surface area contributed by atoms with Gasteiger partial charge in [-0.2, -0.15) is 4.68 Å². The fraction of sp³-hybridized carbons (Fsp3) is 0.227. The number of amides is 1. The number of carbonyl (C=O) groups is 2. The molecule has 0 aliphatic carbocycles. The number of aromatic nitrogens is 4. The van der Waals surface area contributed by atoms with E-state index in [0.29, 0.717) is 18.8 Å². The van der Waals surface area contributed by atoms with Crippen molar-refractivity contribution in [1.82, 2.24) is 25.5 Å². The molecule has 0 atom stereocenters. The third kappa shape index (κ3) is 5.99. The Kier molecular flexibility index (Phi) is 7.47. The summed E-state index contributed by atoms with van der Waals surface area (Å²) in [5.74, 6) is 0.0611. The van der Waals surface area contributed by atoms with Crippen LogP contribution >= 0.6 is 0 Å². The Hall–Kier alpha value is -4.01. The third-order valence-electron chi connectivity index (χ3n) is 4.41. The monoisotopic (exact) mass is 421 g/mol. The Morgan fingerprint density at radius 3 is 2.55 bits per heavy atom. The van der Waals surface area contributed by atoms with Crippen LogP contribution in [0.2, 0.25) is 0 Å². The Bertz CT molecular complexity index is 1060. The minimum absolute atomic E-state index is 0.107. The Morgan fingerprint density at radius 1 is 1.10 bits per heavy atom. The van der Waals surface area contributed by atoms with Crippen LogP contribution in [0.25, 0.3) is 11.8 Å². The molecule has 9 nitrogen and oxygen atoms in total. The van der Waals surface area contributed by atoms with Crippen molar-refractivity contribution in [3.63, 3.8) is 0 Å². The molecule has 0 saturated carbocycles. The van der Waals surface area contributed by atoms with Crippen molar-refractivity contribution in [3.8, 4) is 5.75 Å². The lowest BCUT2D eigenvalue weighted by Gasteiger charge is -2.10. The zero-order valence-corrected chi connectivity index (χ0v) is 17.3. The summed E-state index contributed by atoms with van der Waals surface area (Å²) in [6.45, 7) is 1.63. The van der Waals surface area contributed by atoms with Crippen LogP contribution in [-0.4, -0.2) is 52.3 Å². The molecule has 2 aromatic carbocycles. The van der Waals surface area contributed by atoms with Gasteiger partial charge in [0.15, 0.2) is 18.1 Å². The average Bonchev–Trinajstić information content (AvgIpc) is 3.22. The van der Waals surface area contributed by atoms with Crippen molar-refractivity contribution in [3.05, 3.63) is 71.5 Å². The second-order valence-electron chi connectivity index (χ2n) is 6.57. The zero-order chi connectivity index (χ0) is 22.1. The normalized spacial score (nSPS) is 11.1. The van der Waals surface area contributed by atoms with Crippen LogP contribution in [0.5, 0.6) is 5.75 Å². The van der Waals surface area contributed by atoms with Gasteiger partial charge in [0.2, 0.25) is 0 Å². The van der Waals surface area contributed by atoms with Gasteiger partial charge in [-0.3, -0.25) is 4.79 Å². The molecule has 0 saturated heterocycles. The number of aryl methyl sites for hydroxylation is 1. The van der Waals surface area contributed by atoms with Gasteiger partial charge in [-0.15, -0.1) is 5.10 Å².